The van der Waals surface area contributed by atoms with Gasteiger partial charge in [0.2, 0.25) is 0 Å². The molecule has 0 bridgehead atoms. The minimum atomic E-state index is 0.0337. The van der Waals surface area contributed by atoms with Crippen LogP contribution in [0.1, 0.15) is 31.4 Å². The minimum absolute atomic E-state index is 0.0337. The predicted molar refractivity (Wildman–Crippen MR) is 146 cm³/mol. The average molecular weight is 495 g/mol. The summed E-state index contributed by atoms with van der Waals surface area (Å²) in [7, 11) is 0. The first kappa shape index (κ1) is 23.7. The molecule has 2 amide bonds. The Morgan fingerprint density at radius 1 is 0.919 bits per heavy atom. The third-order valence-corrected chi connectivity index (χ3v) is 7.81. The number of rotatable bonds is 8. The number of hydrogen-bond donors (Lipinski definition) is 0. The van der Waals surface area contributed by atoms with E-state index in [9.17, 15) is 4.79 Å². The summed E-state index contributed by atoms with van der Waals surface area (Å²) >= 11 is 0. The zero-order valence-electron chi connectivity index (χ0n) is 21.6. The second-order valence-electron chi connectivity index (χ2n) is 10.5. The van der Waals surface area contributed by atoms with Crippen LogP contribution >= 0.6 is 0 Å². The molecule has 3 aromatic rings. The first-order chi connectivity index (χ1) is 18.0. The molecule has 0 radical (unpaired) electrons. The van der Waals surface area contributed by atoms with Crippen LogP contribution in [-0.2, 0) is 19.5 Å². The predicted octanol–water partition coefficient (Wildman–Crippen LogP) is 4.96. The first-order valence-electron chi connectivity index (χ1n) is 13.2. The van der Waals surface area contributed by atoms with Crippen molar-refractivity contribution >= 4 is 17.4 Å². The van der Waals surface area contributed by atoms with Crippen LogP contribution in [0.2, 0.25) is 0 Å². The summed E-state index contributed by atoms with van der Waals surface area (Å²) in [5, 5.41) is 4.65. The van der Waals surface area contributed by atoms with Gasteiger partial charge in [0.05, 0.1) is 37.8 Å². The Balaban J connectivity index is 1.21. The zero-order valence-corrected chi connectivity index (χ0v) is 21.6. The quantitative estimate of drug-likeness (QED) is 0.445. The van der Waals surface area contributed by atoms with Gasteiger partial charge in [0.15, 0.2) is 0 Å². The van der Waals surface area contributed by atoms with Crippen molar-refractivity contribution in [1.29, 1.82) is 0 Å². The van der Waals surface area contributed by atoms with E-state index in [2.05, 4.69) is 72.4 Å². The van der Waals surface area contributed by atoms with Crippen LogP contribution in [0.3, 0.4) is 0 Å². The fourth-order valence-corrected chi connectivity index (χ4v) is 5.59. The molecule has 2 atom stereocenters. The van der Waals surface area contributed by atoms with Gasteiger partial charge in [-0.3, -0.25) is 19.5 Å². The fraction of sp³-hybridized carbons (Fsp3) is 0.367. The molecule has 1 aliphatic carbocycles. The zero-order chi connectivity index (χ0) is 25.4. The summed E-state index contributed by atoms with van der Waals surface area (Å²) < 4.78 is 1.95. The number of carbonyl (C=O) groups is 1. The molecular formula is C30H34N6O. The lowest BCUT2D eigenvalue weighted by Gasteiger charge is -2.41. The molecule has 3 heterocycles. The number of allylic oxidation sites excluding steroid dienone is 1. The fourth-order valence-electron chi connectivity index (χ4n) is 5.59. The molecule has 1 saturated carbocycles. The summed E-state index contributed by atoms with van der Waals surface area (Å²) in [5.41, 5.74) is 7.17. The molecule has 2 aliphatic heterocycles. The molecule has 3 aliphatic rings. The number of aromatic nitrogens is 2. The molecule has 2 unspecified atom stereocenters. The van der Waals surface area contributed by atoms with Gasteiger partial charge in [0, 0.05) is 30.9 Å². The van der Waals surface area contributed by atoms with Gasteiger partial charge in [0.25, 0.3) is 0 Å². The van der Waals surface area contributed by atoms with Crippen LogP contribution in [0.25, 0.3) is 0 Å². The van der Waals surface area contributed by atoms with Crippen LogP contribution in [0.5, 0.6) is 0 Å². The highest BCUT2D eigenvalue weighted by atomic mass is 16.2. The number of anilines is 1. The molecular weight excluding hydrogens is 460 g/mol. The molecule has 190 valence electrons. The minimum Gasteiger partial charge on any atom is -0.311 e. The number of benzene rings is 2. The Hall–Kier alpha value is -3.71. The van der Waals surface area contributed by atoms with Crippen molar-refractivity contribution in [3.05, 3.63) is 95.3 Å². The van der Waals surface area contributed by atoms with Gasteiger partial charge in [-0.05, 0) is 43.4 Å². The van der Waals surface area contributed by atoms with E-state index in [-0.39, 0.29) is 6.03 Å². The molecule has 7 heteroatoms. The van der Waals surface area contributed by atoms with Gasteiger partial charge >= 0.3 is 6.03 Å². The SMILES string of the molecule is CC1=NC2CC2C(C)=C1Cn1cc(N2CN(Cc3ccccc3)CN(CCc3ccccc3)C2=O)cn1. The summed E-state index contributed by atoms with van der Waals surface area (Å²) in [4.78, 5) is 24.6. The number of nitrogens with zero attached hydrogens (tertiary/aromatic N) is 6. The molecule has 1 saturated heterocycles. The Kier molecular flexibility index (Phi) is 6.38. The number of carbonyl (C=O) groups excluding carboxylic acids is 1. The molecule has 0 spiro atoms. The van der Waals surface area contributed by atoms with E-state index in [1.807, 2.05) is 39.0 Å². The summed E-state index contributed by atoms with van der Waals surface area (Å²) in [5.74, 6) is 0.613. The molecule has 7 nitrogen and oxygen atoms in total. The maximum atomic E-state index is 13.7. The first-order valence-corrected chi connectivity index (χ1v) is 13.2. The molecule has 37 heavy (non-hydrogen) atoms. The van der Waals surface area contributed by atoms with E-state index in [1.165, 1.54) is 28.7 Å². The van der Waals surface area contributed by atoms with Crippen molar-refractivity contribution in [3.63, 3.8) is 0 Å². The largest absolute Gasteiger partial charge is 0.326 e. The number of fused-ring (bicyclic) bond motifs is 1. The van der Waals surface area contributed by atoms with Gasteiger partial charge in [-0.2, -0.15) is 5.10 Å². The normalized spacial score (nSPS) is 21.8. The lowest BCUT2D eigenvalue weighted by Crippen LogP contribution is -2.58. The van der Waals surface area contributed by atoms with Gasteiger partial charge < -0.3 is 4.90 Å². The monoisotopic (exact) mass is 494 g/mol. The molecule has 2 fully saturated rings. The Bertz CT molecular complexity index is 1330. The van der Waals surface area contributed by atoms with E-state index in [1.54, 1.807) is 0 Å². The van der Waals surface area contributed by atoms with Crippen molar-refractivity contribution < 1.29 is 4.79 Å². The van der Waals surface area contributed by atoms with E-state index >= 15 is 0 Å². The van der Waals surface area contributed by atoms with Gasteiger partial charge in [-0.25, -0.2) is 4.79 Å². The number of amides is 2. The number of dihydropyridines is 1. The number of hydrogen-bond acceptors (Lipinski definition) is 4. The second-order valence-corrected chi connectivity index (χ2v) is 10.5. The average Bonchev–Trinajstić information content (AvgIpc) is 3.54. The number of aliphatic imine (C=N–C) groups is 1. The van der Waals surface area contributed by atoms with Crippen molar-refractivity contribution in [2.75, 3.05) is 24.8 Å². The van der Waals surface area contributed by atoms with Crippen molar-refractivity contribution in [1.82, 2.24) is 19.6 Å². The highest BCUT2D eigenvalue weighted by molar-refractivity contribution is 6.00. The molecule has 6 rings (SSSR count). The van der Waals surface area contributed by atoms with E-state index in [0.29, 0.717) is 38.4 Å². The molecule has 1 aromatic heterocycles. The smallest absolute Gasteiger partial charge is 0.311 e. The van der Waals surface area contributed by atoms with Crippen LogP contribution < -0.4 is 4.90 Å². The van der Waals surface area contributed by atoms with Crippen molar-refractivity contribution in [2.45, 2.75) is 45.8 Å². The Morgan fingerprint density at radius 2 is 1.65 bits per heavy atom. The highest BCUT2D eigenvalue weighted by Gasteiger charge is 2.42. The van der Waals surface area contributed by atoms with Gasteiger partial charge in [0.1, 0.15) is 0 Å². The van der Waals surface area contributed by atoms with Gasteiger partial charge in [-0.1, -0.05) is 66.2 Å². The maximum absolute atomic E-state index is 13.7. The topological polar surface area (TPSA) is 57.0 Å². The third-order valence-electron chi connectivity index (χ3n) is 7.81. The number of urea groups is 1. The summed E-state index contributed by atoms with van der Waals surface area (Å²) in [6, 6.07) is 21.4. The molecule has 2 aromatic carbocycles. The van der Waals surface area contributed by atoms with Crippen LogP contribution in [-0.4, -0.2) is 57.2 Å². The highest BCUT2D eigenvalue weighted by Crippen LogP contribution is 2.44. The lowest BCUT2D eigenvalue weighted by atomic mass is 9.99. The summed E-state index contributed by atoms with van der Waals surface area (Å²) in [6.45, 7) is 7.63. The van der Waals surface area contributed by atoms with E-state index < -0.39 is 0 Å². The molecule has 0 N–H and O–H groups in total. The van der Waals surface area contributed by atoms with Crippen molar-refractivity contribution in [2.24, 2.45) is 10.9 Å². The Labute approximate surface area is 218 Å². The second kappa shape index (κ2) is 9.98. The van der Waals surface area contributed by atoms with Gasteiger partial charge in [-0.15, -0.1) is 0 Å². The Morgan fingerprint density at radius 3 is 2.41 bits per heavy atom. The lowest BCUT2D eigenvalue weighted by molar-refractivity contribution is 0.111. The maximum Gasteiger partial charge on any atom is 0.326 e. The van der Waals surface area contributed by atoms with E-state index in [0.717, 1.165) is 24.4 Å². The van der Waals surface area contributed by atoms with Crippen LogP contribution in [0, 0.1) is 5.92 Å². The van der Waals surface area contributed by atoms with Crippen LogP contribution in [0.4, 0.5) is 10.5 Å². The summed E-state index contributed by atoms with van der Waals surface area (Å²) in [6.07, 6.45) is 5.83. The standard InChI is InChI=1S/C30H34N6O/c1-22-27-15-29(27)32-23(2)28(22)19-35-18-26(16-31-35)36-21-33(17-25-11-7-4-8-12-25)20-34(30(36)37)14-13-24-9-5-3-6-10-24/h3-12,16,18,27,29H,13-15,17,19-21H2,1-2H3. The van der Waals surface area contributed by atoms with E-state index in [4.69, 9.17) is 4.99 Å². The third kappa shape index (κ3) is 5.09. The van der Waals surface area contributed by atoms with Crippen LogP contribution in [0.15, 0.2) is 89.2 Å². The van der Waals surface area contributed by atoms with Crippen molar-refractivity contribution in [3.8, 4) is 0 Å².